The Labute approximate surface area is 134 Å². The van der Waals surface area contributed by atoms with Gasteiger partial charge in [0.25, 0.3) is 0 Å². The largest absolute Gasteiger partial charge is 3.00 e. The van der Waals surface area contributed by atoms with Crippen molar-refractivity contribution in [1.29, 1.82) is 0 Å². The van der Waals surface area contributed by atoms with Gasteiger partial charge in [-0.2, -0.15) is 0 Å². The van der Waals surface area contributed by atoms with E-state index in [1.54, 1.807) is 0 Å². The van der Waals surface area contributed by atoms with Crippen LogP contribution in [-0.2, 0) is 136 Å². The van der Waals surface area contributed by atoms with Crippen molar-refractivity contribution in [3.63, 3.8) is 0 Å². The van der Waals surface area contributed by atoms with E-state index < -0.39 is 0 Å². The Kier molecular flexibility index (Phi) is 1270. The third kappa shape index (κ3) is 77.5. The van der Waals surface area contributed by atoms with Gasteiger partial charge in [-0.25, -0.2) is 0 Å². The van der Waals surface area contributed by atoms with Crippen LogP contribution in [0.25, 0.3) is 0 Å². The Morgan fingerprint density at radius 1 is 0.333 bits per heavy atom. The molecule has 4 radical (unpaired) electrons. The number of hydrogen-bond donors (Lipinski definition) is 0. The van der Waals surface area contributed by atoms with E-state index >= 15 is 0 Å². The second-order valence-corrected chi connectivity index (χ2v) is 0. The molecule has 0 bridgehead atoms. The summed E-state index contributed by atoms with van der Waals surface area (Å²) in [6, 6.07) is 0. The van der Waals surface area contributed by atoms with Crippen LogP contribution in [0.4, 0.5) is 0 Å². The second-order valence-electron chi connectivity index (χ2n) is 0. The van der Waals surface area contributed by atoms with E-state index in [1.165, 1.54) is 0 Å². The first-order valence-electron chi connectivity index (χ1n) is 0. The number of hydrogen-bond acceptors (Lipinski definition) is 0. The fraction of sp³-hybridized carbons (Fsp3) is 0. The fourth-order valence-electron chi connectivity index (χ4n) is 0. The molecule has 9 heavy (non-hydrogen) atoms. The van der Waals surface area contributed by atoms with Crippen LogP contribution in [0.1, 0.15) is 0 Å². The zero-order valence-electron chi connectivity index (χ0n) is 3.61. The standard InChI is InChI=1S/2Cr.2Mn.5S/q2*+3;2*+2;5*-2. The minimum atomic E-state index is 0. The van der Waals surface area contributed by atoms with Crippen LogP contribution in [0.15, 0.2) is 0 Å². The van der Waals surface area contributed by atoms with Gasteiger partial charge in [0, 0.05) is 0 Å². The molecule has 56 valence electrons. The fourth-order valence-corrected chi connectivity index (χ4v) is 0. The van der Waals surface area contributed by atoms with E-state index in [0.29, 0.717) is 0 Å². The maximum atomic E-state index is 0. The predicted octanol–water partition coefficient (Wildman–Crippen LogP) is -0.0220. The van der Waals surface area contributed by atoms with Gasteiger partial charge >= 0.3 is 68.9 Å². The first kappa shape index (κ1) is 122. The van der Waals surface area contributed by atoms with Gasteiger partial charge in [0.2, 0.25) is 0 Å². The summed E-state index contributed by atoms with van der Waals surface area (Å²) >= 11 is 0. The second kappa shape index (κ2) is 94.0. The molecule has 0 saturated carbocycles. The van der Waals surface area contributed by atoms with Crippen LogP contribution in [0.5, 0.6) is 0 Å². The molecule has 0 saturated heterocycles. The van der Waals surface area contributed by atoms with E-state index in [9.17, 15) is 0 Å². The molecular weight excluding hydrogens is 374 g/mol. The van der Waals surface area contributed by atoms with E-state index in [1.807, 2.05) is 0 Å². The molecule has 9 heteroatoms. The Hall–Kier alpha value is 3.85. The smallest absolute Gasteiger partial charge is 2.00 e. The van der Waals surface area contributed by atoms with Crippen molar-refractivity contribution < 1.29 is 68.9 Å². The van der Waals surface area contributed by atoms with Crippen molar-refractivity contribution in [1.82, 2.24) is 0 Å². The molecule has 0 amide bonds. The van der Waals surface area contributed by atoms with E-state index in [2.05, 4.69) is 0 Å². The molecule has 0 unspecified atom stereocenters. The quantitative estimate of drug-likeness (QED) is 0.523. The molecule has 0 heterocycles. The molecule has 0 aliphatic rings. The first-order valence-corrected chi connectivity index (χ1v) is 0. The first-order chi connectivity index (χ1) is 0. The van der Waals surface area contributed by atoms with E-state index in [0.717, 1.165) is 0 Å². The predicted molar refractivity (Wildman–Crippen MR) is 36.8 cm³/mol. The van der Waals surface area contributed by atoms with Gasteiger partial charge in [0.1, 0.15) is 0 Å². The zero-order valence-corrected chi connectivity index (χ0v) is 12.6. The summed E-state index contributed by atoms with van der Waals surface area (Å²) in [5, 5.41) is 0. The van der Waals surface area contributed by atoms with Crippen LogP contribution < -0.4 is 0 Å². The molecule has 0 rings (SSSR count). The molecule has 0 fully saturated rings. The van der Waals surface area contributed by atoms with Crippen LogP contribution in [0, 0.1) is 0 Å². The summed E-state index contributed by atoms with van der Waals surface area (Å²) in [6.07, 6.45) is 0. The molecule has 0 aliphatic heterocycles. The van der Waals surface area contributed by atoms with Crippen molar-refractivity contribution in [2.45, 2.75) is 0 Å². The summed E-state index contributed by atoms with van der Waals surface area (Å²) in [5.74, 6) is 0. The normalized spacial score (nSPS) is 0. The van der Waals surface area contributed by atoms with Gasteiger partial charge in [-0.15, -0.1) is 0 Å². The average Bonchev–Trinajstić information content (AvgIpc) is 0. The monoisotopic (exact) mass is 374 g/mol. The summed E-state index contributed by atoms with van der Waals surface area (Å²) in [4.78, 5) is 0. The van der Waals surface area contributed by atoms with Crippen LogP contribution >= 0.6 is 0 Å². The van der Waals surface area contributed by atoms with Crippen molar-refractivity contribution in [2.75, 3.05) is 0 Å². The van der Waals surface area contributed by atoms with Gasteiger partial charge in [0.15, 0.2) is 0 Å². The summed E-state index contributed by atoms with van der Waals surface area (Å²) in [6.45, 7) is 0. The maximum absolute atomic E-state index is 0. The molecule has 0 aromatic rings. The minimum Gasteiger partial charge on any atom is -2.00 e. The third-order valence-electron chi connectivity index (χ3n) is 0. The summed E-state index contributed by atoms with van der Waals surface area (Å²) < 4.78 is 0. The van der Waals surface area contributed by atoms with Gasteiger partial charge in [-0.3, -0.25) is 0 Å². The van der Waals surface area contributed by atoms with Crippen LogP contribution in [0.3, 0.4) is 0 Å². The van der Waals surface area contributed by atoms with Crippen LogP contribution in [0.2, 0.25) is 0 Å². The molecule has 0 spiro atoms. The summed E-state index contributed by atoms with van der Waals surface area (Å²) in [5.41, 5.74) is 0. The molecule has 0 aromatic heterocycles. The van der Waals surface area contributed by atoms with Gasteiger partial charge in [-0.1, -0.05) is 0 Å². The van der Waals surface area contributed by atoms with E-state index in [-0.39, 0.29) is 136 Å². The summed E-state index contributed by atoms with van der Waals surface area (Å²) in [7, 11) is 0. The minimum absolute atomic E-state index is 0. The van der Waals surface area contributed by atoms with Crippen LogP contribution in [-0.4, -0.2) is 0 Å². The Morgan fingerprint density at radius 2 is 0.333 bits per heavy atom. The molecule has 0 atom stereocenters. The Morgan fingerprint density at radius 3 is 0.333 bits per heavy atom. The number of rotatable bonds is 0. The maximum Gasteiger partial charge on any atom is 3.00 e. The van der Waals surface area contributed by atoms with Crippen molar-refractivity contribution in [3.8, 4) is 0 Å². The van der Waals surface area contributed by atoms with Crippen molar-refractivity contribution >= 4 is 67.5 Å². The molecule has 0 nitrogen and oxygen atoms in total. The molecule has 0 N–H and O–H groups in total. The Bertz CT molecular complexity index is 12.9. The average molecular weight is 374 g/mol. The third-order valence-corrected chi connectivity index (χ3v) is 0. The van der Waals surface area contributed by atoms with Crippen molar-refractivity contribution in [3.05, 3.63) is 0 Å². The zero-order chi connectivity index (χ0) is 0. The van der Waals surface area contributed by atoms with Gasteiger partial charge < -0.3 is 67.5 Å². The molecule has 0 aliphatic carbocycles. The Balaban J connectivity index is 0. The van der Waals surface area contributed by atoms with E-state index in [4.69, 9.17) is 0 Å². The topological polar surface area (TPSA) is 0 Å². The van der Waals surface area contributed by atoms with Gasteiger partial charge in [0.05, 0.1) is 0 Å². The van der Waals surface area contributed by atoms with Crippen molar-refractivity contribution in [2.24, 2.45) is 0 Å². The molecular formula is Cr2Mn2S5. The van der Waals surface area contributed by atoms with Gasteiger partial charge in [-0.05, 0) is 0 Å². The molecule has 0 aromatic carbocycles. The SMILES string of the molecule is [Cr+3].[Cr+3].[Mn+2].[Mn+2].[S-2].[S-2].[S-2].[S-2].[S-2].